The van der Waals surface area contributed by atoms with Gasteiger partial charge in [0.05, 0.1) is 18.8 Å². The molecule has 2 rings (SSSR count). The Morgan fingerprint density at radius 3 is 2.68 bits per heavy atom. The predicted octanol–water partition coefficient (Wildman–Crippen LogP) is 1.39. The molecule has 19 heavy (non-hydrogen) atoms. The molecule has 0 spiro atoms. The summed E-state index contributed by atoms with van der Waals surface area (Å²) in [4.78, 5) is 14.2. The Hall–Kier alpha value is -1.59. The van der Waals surface area contributed by atoms with Crippen molar-refractivity contribution in [1.29, 1.82) is 0 Å². The lowest BCUT2D eigenvalue weighted by molar-refractivity contribution is 0.0371. The van der Waals surface area contributed by atoms with Gasteiger partial charge in [-0.2, -0.15) is 0 Å². The van der Waals surface area contributed by atoms with Gasteiger partial charge in [0.1, 0.15) is 11.5 Å². The van der Waals surface area contributed by atoms with Gasteiger partial charge in [0.25, 0.3) is 0 Å². The van der Waals surface area contributed by atoms with Crippen LogP contribution in [0.4, 0.5) is 0 Å². The van der Waals surface area contributed by atoms with E-state index in [4.69, 9.17) is 4.74 Å². The van der Waals surface area contributed by atoms with E-state index in [1.165, 1.54) is 18.2 Å². The highest BCUT2D eigenvalue weighted by molar-refractivity contribution is 5.98. The standard InChI is InChI=1S/C14H19NO4/c16-11-3-4-12(14(18)10-11)13(17)2-1-5-15-6-8-19-9-7-15/h3-4,10,16,18H,1-2,5-9H2. The SMILES string of the molecule is O=C(CCCN1CCOCC1)c1ccc(O)cc1O. The molecular weight excluding hydrogens is 246 g/mol. The zero-order chi connectivity index (χ0) is 13.7. The maximum Gasteiger partial charge on any atom is 0.166 e. The minimum atomic E-state index is -0.156. The normalized spacial score (nSPS) is 16.4. The summed E-state index contributed by atoms with van der Waals surface area (Å²) in [6, 6.07) is 4.06. The van der Waals surface area contributed by atoms with Crippen molar-refractivity contribution < 1.29 is 19.7 Å². The number of nitrogens with zero attached hydrogens (tertiary/aromatic N) is 1. The third-order valence-corrected chi connectivity index (χ3v) is 3.26. The molecular formula is C14H19NO4. The van der Waals surface area contributed by atoms with Gasteiger partial charge in [0, 0.05) is 25.6 Å². The number of Topliss-reactive ketones (excluding diaryl/α,β-unsaturated/α-hetero) is 1. The Balaban J connectivity index is 1.80. The van der Waals surface area contributed by atoms with Gasteiger partial charge in [-0.05, 0) is 25.1 Å². The van der Waals surface area contributed by atoms with Gasteiger partial charge >= 0.3 is 0 Å². The summed E-state index contributed by atoms with van der Waals surface area (Å²) in [5, 5.41) is 18.8. The second-order valence-corrected chi connectivity index (χ2v) is 4.68. The number of ketones is 1. The first-order valence-electron chi connectivity index (χ1n) is 6.52. The second kappa shape index (κ2) is 6.54. The Kier molecular flexibility index (Phi) is 4.76. The van der Waals surface area contributed by atoms with Crippen LogP contribution in [0.3, 0.4) is 0 Å². The lowest BCUT2D eigenvalue weighted by Crippen LogP contribution is -2.36. The highest BCUT2D eigenvalue weighted by atomic mass is 16.5. The van der Waals surface area contributed by atoms with E-state index in [2.05, 4.69) is 4.90 Å². The molecule has 5 heteroatoms. The Labute approximate surface area is 112 Å². The number of hydrogen-bond donors (Lipinski definition) is 2. The highest BCUT2D eigenvalue weighted by Gasteiger charge is 2.14. The Morgan fingerprint density at radius 2 is 2.00 bits per heavy atom. The fourth-order valence-corrected chi connectivity index (χ4v) is 2.18. The number of rotatable bonds is 5. The van der Waals surface area contributed by atoms with Crippen LogP contribution in [0.5, 0.6) is 11.5 Å². The van der Waals surface area contributed by atoms with Crippen LogP contribution in [0.25, 0.3) is 0 Å². The summed E-state index contributed by atoms with van der Waals surface area (Å²) in [6.07, 6.45) is 1.16. The summed E-state index contributed by atoms with van der Waals surface area (Å²) in [5.74, 6) is -0.288. The van der Waals surface area contributed by atoms with Gasteiger partial charge in [-0.1, -0.05) is 0 Å². The van der Waals surface area contributed by atoms with Crippen molar-refractivity contribution in [2.45, 2.75) is 12.8 Å². The van der Waals surface area contributed by atoms with Crippen LogP contribution in [-0.4, -0.2) is 53.7 Å². The van der Waals surface area contributed by atoms with Crippen LogP contribution in [0.1, 0.15) is 23.2 Å². The molecule has 1 aromatic rings. The van der Waals surface area contributed by atoms with Crippen molar-refractivity contribution in [3.63, 3.8) is 0 Å². The predicted molar refractivity (Wildman–Crippen MR) is 70.6 cm³/mol. The summed E-state index contributed by atoms with van der Waals surface area (Å²) >= 11 is 0. The van der Waals surface area contributed by atoms with Crippen molar-refractivity contribution in [1.82, 2.24) is 4.90 Å². The number of carbonyl (C=O) groups is 1. The fraction of sp³-hybridized carbons (Fsp3) is 0.500. The van der Waals surface area contributed by atoms with Gasteiger partial charge in [-0.3, -0.25) is 9.69 Å². The molecule has 1 fully saturated rings. The number of phenolic OH excluding ortho intramolecular Hbond substituents is 2. The van der Waals surface area contributed by atoms with E-state index < -0.39 is 0 Å². The molecule has 1 saturated heterocycles. The van der Waals surface area contributed by atoms with Crippen molar-refractivity contribution in [2.75, 3.05) is 32.8 Å². The molecule has 0 unspecified atom stereocenters. The zero-order valence-electron chi connectivity index (χ0n) is 10.8. The molecule has 0 amide bonds. The van der Waals surface area contributed by atoms with Crippen LogP contribution in [0, 0.1) is 0 Å². The molecule has 1 heterocycles. The van der Waals surface area contributed by atoms with Crippen LogP contribution in [-0.2, 0) is 4.74 Å². The first-order chi connectivity index (χ1) is 9.16. The first kappa shape index (κ1) is 13.8. The molecule has 2 N–H and O–H groups in total. The van der Waals surface area contributed by atoms with Crippen LogP contribution >= 0.6 is 0 Å². The quantitative estimate of drug-likeness (QED) is 0.787. The molecule has 0 atom stereocenters. The van der Waals surface area contributed by atoms with Crippen molar-refractivity contribution >= 4 is 5.78 Å². The second-order valence-electron chi connectivity index (χ2n) is 4.68. The minimum absolute atomic E-state index is 0.0395. The van der Waals surface area contributed by atoms with E-state index >= 15 is 0 Å². The largest absolute Gasteiger partial charge is 0.508 e. The zero-order valence-corrected chi connectivity index (χ0v) is 10.8. The Bertz CT molecular complexity index is 441. The Morgan fingerprint density at radius 1 is 1.26 bits per heavy atom. The number of morpholine rings is 1. The van der Waals surface area contributed by atoms with E-state index in [-0.39, 0.29) is 22.8 Å². The molecule has 5 nitrogen and oxygen atoms in total. The lowest BCUT2D eigenvalue weighted by Gasteiger charge is -2.26. The molecule has 0 radical (unpaired) electrons. The van der Waals surface area contributed by atoms with Gasteiger partial charge < -0.3 is 14.9 Å². The number of hydrogen-bond acceptors (Lipinski definition) is 5. The maximum absolute atomic E-state index is 11.9. The molecule has 0 aliphatic carbocycles. The average molecular weight is 265 g/mol. The summed E-state index contributed by atoms with van der Waals surface area (Å²) in [6.45, 7) is 4.21. The van der Waals surface area contributed by atoms with E-state index in [9.17, 15) is 15.0 Å². The third kappa shape index (κ3) is 3.94. The molecule has 104 valence electrons. The van der Waals surface area contributed by atoms with Gasteiger partial charge in [-0.15, -0.1) is 0 Å². The van der Waals surface area contributed by atoms with Crippen LogP contribution < -0.4 is 0 Å². The molecule has 0 saturated carbocycles. The summed E-state index contributed by atoms with van der Waals surface area (Å²) in [7, 11) is 0. The molecule has 1 aliphatic rings. The van der Waals surface area contributed by atoms with E-state index in [0.29, 0.717) is 6.42 Å². The van der Waals surface area contributed by atoms with Gasteiger partial charge in [0.15, 0.2) is 5.78 Å². The number of benzene rings is 1. The minimum Gasteiger partial charge on any atom is -0.508 e. The average Bonchev–Trinajstić information content (AvgIpc) is 2.39. The fourth-order valence-electron chi connectivity index (χ4n) is 2.18. The summed E-state index contributed by atoms with van der Waals surface area (Å²) < 4.78 is 5.26. The maximum atomic E-state index is 11.9. The molecule has 1 aromatic carbocycles. The smallest absolute Gasteiger partial charge is 0.166 e. The lowest BCUT2D eigenvalue weighted by atomic mass is 10.1. The van der Waals surface area contributed by atoms with E-state index in [1.54, 1.807) is 0 Å². The van der Waals surface area contributed by atoms with Crippen molar-refractivity contribution in [3.05, 3.63) is 23.8 Å². The van der Waals surface area contributed by atoms with E-state index in [0.717, 1.165) is 39.3 Å². The first-order valence-corrected chi connectivity index (χ1v) is 6.52. The number of carbonyl (C=O) groups excluding carboxylic acids is 1. The topological polar surface area (TPSA) is 70.0 Å². The van der Waals surface area contributed by atoms with Crippen molar-refractivity contribution in [2.24, 2.45) is 0 Å². The number of aromatic hydroxyl groups is 2. The third-order valence-electron chi connectivity index (χ3n) is 3.26. The molecule has 1 aliphatic heterocycles. The highest BCUT2D eigenvalue weighted by Crippen LogP contribution is 2.24. The van der Waals surface area contributed by atoms with Gasteiger partial charge in [0.2, 0.25) is 0 Å². The molecule has 0 bridgehead atoms. The number of ether oxygens (including phenoxy) is 1. The molecule has 0 aromatic heterocycles. The van der Waals surface area contributed by atoms with Crippen molar-refractivity contribution in [3.8, 4) is 11.5 Å². The van der Waals surface area contributed by atoms with Gasteiger partial charge in [-0.25, -0.2) is 0 Å². The number of phenols is 2. The monoisotopic (exact) mass is 265 g/mol. The van der Waals surface area contributed by atoms with Crippen LogP contribution in [0.2, 0.25) is 0 Å². The summed E-state index contributed by atoms with van der Waals surface area (Å²) in [5.41, 5.74) is 0.278. The van der Waals surface area contributed by atoms with Crippen LogP contribution in [0.15, 0.2) is 18.2 Å². The van der Waals surface area contributed by atoms with E-state index in [1.807, 2.05) is 0 Å².